The van der Waals surface area contributed by atoms with Crippen LogP contribution in [0.4, 0.5) is 4.39 Å². The summed E-state index contributed by atoms with van der Waals surface area (Å²) < 4.78 is 18.9. The Labute approximate surface area is 165 Å². The number of amides is 2. The molecule has 0 heterocycles. The van der Waals surface area contributed by atoms with Gasteiger partial charge in [-0.1, -0.05) is 31.2 Å². The van der Waals surface area contributed by atoms with Crippen LogP contribution in [-0.4, -0.2) is 35.9 Å². The minimum Gasteiger partial charge on any atom is -0.484 e. The van der Waals surface area contributed by atoms with Crippen molar-refractivity contribution >= 4 is 11.8 Å². The molecule has 1 N–H and O–H groups in total. The third-order valence-corrected chi connectivity index (χ3v) is 4.35. The molecule has 2 aromatic rings. The van der Waals surface area contributed by atoms with Gasteiger partial charge in [0, 0.05) is 13.1 Å². The molecule has 0 saturated carbocycles. The predicted octanol–water partition coefficient (Wildman–Crippen LogP) is 3.46. The maximum Gasteiger partial charge on any atom is 0.261 e. The highest BCUT2D eigenvalue weighted by atomic mass is 19.1. The number of likely N-dealkylation sites (N-methyl/N-ethyl adjacent to an activating group) is 1. The van der Waals surface area contributed by atoms with Crippen molar-refractivity contribution in [3.8, 4) is 5.75 Å². The van der Waals surface area contributed by atoms with Gasteiger partial charge in [0.15, 0.2) is 6.61 Å². The molecule has 5 nitrogen and oxygen atoms in total. The number of nitrogens with one attached hydrogen (secondary N) is 1. The number of rotatable bonds is 9. The van der Waals surface area contributed by atoms with Crippen molar-refractivity contribution in [1.82, 2.24) is 10.2 Å². The van der Waals surface area contributed by atoms with Crippen molar-refractivity contribution in [3.63, 3.8) is 0 Å². The summed E-state index contributed by atoms with van der Waals surface area (Å²) in [6.07, 6.45) is 0.462. The van der Waals surface area contributed by atoms with E-state index in [0.29, 0.717) is 18.7 Å². The summed E-state index contributed by atoms with van der Waals surface area (Å²) in [6, 6.07) is 12.7. The van der Waals surface area contributed by atoms with E-state index in [4.69, 9.17) is 4.74 Å². The van der Waals surface area contributed by atoms with Crippen LogP contribution in [0.3, 0.4) is 0 Å². The molecule has 150 valence electrons. The fraction of sp³-hybridized carbons (Fsp3) is 0.364. The number of hydrogen-bond donors (Lipinski definition) is 1. The molecule has 0 aliphatic carbocycles. The summed E-state index contributed by atoms with van der Waals surface area (Å²) in [5, 5.41) is 2.77. The third-order valence-electron chi connectivity index (χ3n) is 4.35. The van der Waals surface area contributed by atoms with Gasteiger partial charge in [0.1, 0.15) is 17.6 Å². The van der Waals surface area contributed by atoms with Crippen molar-refractivity contribution in [1.29, 1.82) is 0 Å². The maximum atomic E-state index is 13.2. The normalized spacial score (nSPS) is 11.6. The molecule has 0 aliphatic rings. The van der Waals surface area contributed by atoms with Gasteiger partial charge in [-0.2, -0.15) is 0 Å². The average molecular weight is 386 g/mol. The molecule has 0 aromatic heterocycles. The Morgan fingerprint density at radius 1 is 1.14 bits per heavy atom. The number of hydrogen-bond acceptors (Lipinski definition) is 3. The Morgan fingerprint density at radius 3 is 2.46 bits per heavy atom. The highest BCUT2D eigenvalue weighted by molar-refractivity contribution is 5.88. The van der Waals surface area contributed by atoms with E-state index in [1.807, 2.05) is 39.0 Å². The van der Waals surface area contributed by atoms with E-state index >= 15 is 0 Å². The van der Waals surface area contributed by atoms with E-state index in [1.165, 1.54) is 17.0 Å². The molecule has 0 unspecified atom stereocenters. The van der Waals surface area contributed by atoms with Crippen LogP contribution in [0.1, 0.15) is 31.4 Å². The van der Waals surface area contributed by atoms with Gasteiger partial charge in [0.2, 0.25) is 5.91 Å². The largest absolute Gasteiger partial charge is 0.484 e. The molecule has 2 rings (SSSR count). The van der Waals surface area contributed by atoms with Crippen LogP contribution < -0.4 is 10.1 Å². The Kier molecular flexibility index (Phi) is 7.99. The van der Waals surface area contributed by atoms with Crippen LogP contribution in [-0.2, 0) is 16.1 Å². The fourth-order valence-corrected chi connectivity index (χ4v) is 2.93. The molecule has 2 aromatic carbocycles. The number of aryl methyl sites for hydroxylation is 1. The summed E-state index contributed by atoms with van der Waals surface area (Å²) >= 11 is 0. The number of benzene rings is 2. The molecule has 6 heteroatoms. The van der Waals surface area contributed by atoms with Gasteiger partial charge in [-0.25, -0.2) is 4.39 Å². The summed E-state index contributed by atoms with van der Waals surface area (Å²) in [6.45, 7) is 6.13. The Balaban J connectivity index is 2.18. The van der Waals surface area contributed by atoms with Crippen LogP contribution in [0.15, 0.2) is 48.5 Å². The van der Waals surface area contributed by atoms with Gasteiger partial charge >= 0.3 is 0 Å². The standard InChI is InChI=1S/C22H27FN2O3/c1-4-20(22(27)24-5-2)25(14-17-9-11-18(23)12-10-17)21(26)15-28-19-8-6-7-16(3)13-19/h6-13,20H,4-5,14-15H2,1-3H3,(H,24,27)/t20-/m0/s1. The van der Waals surface area contributed by atoms with Gasteiger partial charge in [0.05, 0.1) is 0 Å². The molecule has 2 amide bonds. The van der Waals surface area contributed by atoms with Crippen molar-refractivity contribution in [2.24, 2.45) is 0 Å². The molecular weight excluding hydrogens is 359 g/mol. The first-order chi connectivity index (χ1) is 13.4. The number of carbonyl (C=O) groups excluding carboxylic acids is 2. The highest BCUT2D eigenvalue weighted by Crippen LogP contribution is 2.16. The van der Waals surface area contributed by atoms with E-state index in [1.54, 1.807) is 18.2 Å². The Bertz CT molecular complexity index is 793. The second-order valence-corrected chi connectivity index (χ2v) is 6.57. The second kappa shape index (κ2) is 10.4. The summed E-state index contributed by atoms with van der Waals surface area (Å²) in [4.78, 5) is 26.9. The SMILES string of the molecule is CCNC(=O)[C@H](CC)N(Cc1ccc(F)cc1)C(=O)COc1cccc(C)c1. The van der Waals surface area contributed by atoms with Crippen LogP contribution in [0.2, 0.25) is 0 Å². The molecule has 28 heavy (non-hydrogen) atoms. The first-order valence-electron chi connectivity index (χ1n) is 9.45. The minimum absolute atomic E-state index is 0.180. The molecule has 0 bridgehead atoms. The van der Waals surface area contributed by atoms with E-state index in [9.17, 15) is 14.0 Å². The van der Waals surface area contributed by atoms with Gasteiger partial charge in [-0.05, 0) is 55.7 Å². The first-order valence-corrected chi connectivity index (χ1v) is 9.45. The lowest BCUT2D eigenvalue weighted by atomic mass is 10.1. The number of ether oxygens (including phenoxy) is 1. The zero-order chi connectivity index (χ0) is 20.5. The molecule has 0 aliphatic heterocycles. The predicted molar refractivity (Wildman–Crippen MR) is 106 cm³/mol. The lowest BCUT2D eigenvalue weighted by molar-refractivity contribution is -0.142. The minimum atomic E-state index is -0.626. The van der Waals surface area contributed by atoms with Gasteiger partial charge in [-0.15, -0.1) is 0 Å². The monoisotopic (exact) mass is 386 g/mol. The lowest BCUT2D eigenvalue weighted by Crippen LogP contribution is -2.50. The number of halogens is 1. The van der Waals surface area contributed by atoms with E-state index in [-0.39, 0.29) is 30.8 Å². The number of nitrogens with zero attached hydrogens (tertiary/aromatic N) is 1. The molecule has 0 spiro atoms. The van der Waals surface area contributed by atoms with E-state index in [0.717, 1.165) is 11.1 Å². The van der Waals surface area contributed by atoms with Crippen LogP contribution in [0.25, 0.3) is 0 Å². The third kappa shape index (κ3) is 6.08. The number of carbonyl (C=O) groups is 2. The highest BCUT2D eigenvalue weighted by Gasteiger charge is 2.28. The maximum absolute atomic E-state index is 13.2. The van der Waals surface area contributed by atoms with Crippen LogP contribution in [0.5, 0.6) is 5.75 Å². The van der Waals surface area contributed by atoms with Crippen LogP contribution in [0, 0.1) is 12.7 Å². The topological polar surface area (TPSA) is 58.6 Å². The van der Waals surface area contributed by atoms with Gasteiger partial charge in [0.25, 0.3) is 5.91 Å². The van der Waals surface area contributed by atoms with Crippen LogP contribution >= 0.6 is 0 Å². The van der Waals surface area contributed by atoms with Crippen molar-refractivity contribution in [3.05, 3.63) is 65.5 Å². The van der Waals surface area contributed by atoms with Crippen molar-refractivity contribution in [2.75, 3.05) is 13.2 Å². The van der Waals surface area contributed by atoms with Gasteiger partial charge < -0.3 is 15.0 Å². The Hall–Kier alpha value is -2.89. The van der Waals surface area contributed by atoms with Crippen molar-refractivity contribution < 1.29 is 18.7 Å². The van der Waals surface area contributed by atoms with E-state index in [2.05, 4.69) is 5.32 Å². The second-order valence-electron chi connectivity index (χ2n) is 6.57. The fourth-order valence-electron chi connectivity index (χ4n) is 2.93. The molecule has 0 fully saturated rings. The average Bonchev–Trinajstić information content (AvgIpc) is 2.68. The quantitative estimate of drug-likeness (QED) is 0.718. The summed E-state index contributed by atoms with van der Waals surface area (Å²) in [5.41, 5.74) is 1.77. The summed E-state index contributed by atoms with van der Waals surface area (Å²) in [5.74, 6) is -0.263. The Morgan fingerprint density at radius 2 is 1.86 bits per heavy atom. The smallest absolute Gasteiger partial charge is 0.261 e. The molecule has 0 radical (unpaired) electrons. The molecule has 1 atom stereocenters. The zero-order valence-corrected chi connectivity index (χ0v) is 16.6. The first kappa shape index (κ1) is 21.4. The van der Waals surface area contributed by atoms with Gasteiger partial charge in [-0.3, -0.25) is 9.59 Å². The lowest BCUT2D eigenvalue weighted by Gasteiger charge is -2.30. The van der Waals surface area contributed by atoms with E-state index < -0.39 is 6.04 Å². The van der Waals surface area contributed by atoms with Crippen molar-refractivity contribution in [2.45, 2.75) is 39.8 Å². The molecule has 0 saturated heterocycles. The summed E-state index contributed by atoms with van der Waals surface area (Å²) in [7, 11) is 0. The molecular formula is C22H27FN2O3. The zero-order valence-electron chi connectivity index (χ0n) is 16.6.